The molecule has 41 heavy (non-hydrogen) atoms. The topological polar surface area (TPSA) is 109 Å². The van der Waals surface area contributed by atoms with Crippen molar-refractivity contribution in [1.82, 2.24) is 15.0 Å². The lowest BCUT2D eigenvalue weighted by atomic mass is 10.2. The van der Waals surface area contributed by atoms with Crippen LogP contribution >= 0.6 is 11.8 Å². The van der Waals surface area contributed by atoms with Gasteiger partial charge in [-0.15, -0.1) is 0 Å². The first-order valence-corrected chi connectivity index (χ1v) is 13.8. The Kier molecular flexibility index (Phi) is 9.66. The predicted octanol–water partition coefficient (Wildman–Crippen LogP) is 6.89. The molecular formula is C29H28F3N5O3S. The maximum absolute atomic E-state index is 13.0. The summed E-state index contributed by atoms with van der Waals surface area (Å²) in [6.07, 6.45) is -4.48. The highest BCUT2D eigenvalue weighted by molar-refractivity contribution is 7.98. The number of nitrogens with zero attached hydrogens (tertiary/aromatic N) is 3. The van der Waals surface area contributed by atoms with Crippen LogP contribution in [0.1, 0.15) is 25.0 Å². The molecule has 0 aliphatic rings. The Morgan fingerprint density at radius 3 is 2.20 bits per heavy atom. The highest BCUT2D eigenvalue weighted by Crippen LogP contribution is 2.30. The Labute approximate surface area is 239 Å². The lowest BCUT2D eigenvalue weighted by Gasteiger charge is -2.16. The van der Waals surface area contributed by atoms with Crippen molar-refractivity contribution in [2.24, 2.45) is 0 Å². The van der Waals surface area contributed by atoms with Crippen molar-refractivity contribution in [3.05, 3.63) is 90.0 Å². The summed E-state index contributed by atoms with van der Waals surface area (Å²) < 4.78 is 44.7. The van der Waals surface area contributed by atoms with Crippen LogP contribution in [0, 0.1) is 0 Å². The molecule has 0 bridgehead atoms. The van der Waals surface area contributed by atoms with Crippen LogP contribution in [0.4, 0.5) is 30.8 Å². The zero-order valence-corrected chi connectivity index (χ0v) is 23.0. The van der Waals surface area contributed by atoms with Gasteiger partial charge in [0.05, 0.1) is 11.7 Å². The number of alkyl halides is 3. The van der Waals surface area contributed by atoms with Crippen molar-refractivity contribution in [3.8, 4) is 17.1 Å². The van der Waals surface area contributed by atoms with E-state index in [1.807, 2.05) is 44.2 Å². The zero-order chi connectivity index (χ0) is 29.4. The third-order valence-electron chi connectivity index (χ3n) is 5.59. The molecule has 0 saturated carbocycles. The molecule has 8 nitrogen and oxygen atoms in total. The van der Waals surface area contributed by atoms with E-state index in [9.17, 15) is 23.1 Å². The van der Waals surface area contributed by atoms with E-state index in [0.717, 1.165) is 17.7 Å². The second kappa shape index (κ2) is 13.4. The number of carbonyl (C=O) groups is 1. The minimum atomic E-state index is -4.47. The predicted molar refractivity (Wildman–Crippen MR) is 153 cm³/mol. The van der Waals surface area contributed by atoms with Gasteiger partial charge in [-0.05, 0) is 67.9 Å². The minimum Gasteiger partial charge on any atom is -0.491 e. The number of nitrogens with one attached hydrogen (secondary N) is 2. The molecule has 12 heteroatoms. The molecule has 3 N–H and O–H groups in total. The molecule has 0 spiro atoms. The molecule has 0 fully saturated rings. The molecule has 0 aliphatic carbocycles. The van der Waals surface area contributed by atoms with Gasteiger partial charge >= 0.3 is 12.1 Å². The largest absolute Gasteiger partial charge is 0.491 e. The summed E-state index contributed by atoms with van der Waals surface area (Å²) in [5.74, 6) is 0.684. The molecule has 1 aromatic heterocycles. The zero-order valence-electron chi connectivity index (χ0n) is 22.2. The summed E-state index contributed by atoms with van der Waals surface area (Å²) >= 11 is 1.44. The summed E-state index contributed by atoms with van der Waals surface area (Å²) in [5.41, 5.74) is 1.20. The first kappa shape index (κ1) is 29.7. The molecule has 1 heterocycles. The third kappa shape index (κ3) is 8.84. The number of halogens is 3. The first-order valence-electron chi connectivity index (χ1n) is 12.7. The van der Waals surface area contributed by atoms with Crippen LogP contribution in [-0.2, 0) is 16.7 Å². The molecule has 0 radical (unpaired) electrons. The van der Waals surface area contributed by atoms with E-state index in [4.69, 9.17) is 4.74 Å². The number of hydrogen-bond donors (Lipinski definition) is 3. The fourth-order valence-corrected chi connectivity index (χ4v) is 4.66. The average molecular weight is 584 g/mol. The lowest BCUT2D eigenvalue weighted by molar-refractivity contribution is -0.138. The summed E-state index contributed by atoms with van der Waals surface area (Å²) in [4.78, 5) is 25.2. The normalized spacial score (nSPS) is 12.1. The molecule has 4 rings (SSSR count). The number of rotatable bonds is 12. The summed E-state index contributed by atoms with van der Waals surface area (Å²) in [6.45, 7) is 3.82. The number of carboxylic acid groups (broad SMARTS) is 1. The Morgan fingerprint density at radius 2 is 1.59 bits per heavy atom. The SMILES string of the molecule is CC(C)Oc1ccc(-c2nc(Nc3ccc(C(F)(F)F)cc3)nc(N[C@@H](CSCc3ccccc3)C(=O)O)n2)cc1. The lowest BCUT2D eigenvalue weighted by Crippen LogP contribution is -2.32. The first-order chi connectivity index (χ1) is 19.6. The summed E-state index contributed by atoms with van der Waals surface area (Å²) in [7, 11) is 0. The number of aliphatic carboxylic acids is 1. The highest BCUT2D eigenvalue weighted by Gasteiger charge is 2.30. The van der Waals surface area contributed by atoms with E-state index in [1.54, 1.807) is 24.3 Å². The van der Waals surface area contributed by atoms with E-state index in [2.05, 4.69) is 25.6 Å². The van der Waals surface area contributed by atoms with Gasteiger partial charge in [-0.1, -0.05) is 30.3 Å². The van der Waals surface area contributed by atoms with Crippen LogP contribution in [0.15, 0.2) is 78.9 Å². The van der Waals surface area contributed by atoms with Crippen molar-refractivity contribution < 1.29 is 27.8 Å². The van der Waals surface area contributed by atoms with Gasteiger partial charge in [0.1, 0.15) is 11.8 Å². The summed E-state index contributed by atoms with van der Waals surface area (Å²) in [5, 5.41) is 15.6. The van der Waals surface area contributed by atoms with Crippen LogP contribution in [0.2, 0.25) is 0 Å². The number of ether oxygens (including phenoxy) is 1. The average Bonchev–Trinajstić information content (AvgIpc) is 2.93. The van der Waals surface area contributed by atoms with Crippen molar-refractivity contribution in [3.63, 3.8) is 0 Å². The van der Waals surface area contributed by atoms with Crippen LogP contribution in [0.5, 0.6) is 5.75 Å². The summed E-state index contributed by atoms with van der Waals surface area (Å²) in [6, 6.07) is 20.1. The smallest absolute Gasteiger partial charge is 0.416 e. The van der Waals surface area contributed by atoms with E-state index in [-0.39, 0.29) is 29.6 Å². The maximum atomic E-state index is 13.0. The Hall–Kier alpha value is -4.32. The maximum Gasteiger partial charge on any atom is 0.416 e. The van der Waals surface area contributed by atoms with Crippen molar-refractivity contribution in [2.75, 3.05) is 16.4 Å². The molecule has 3 aromatic carbocycles. The Balaban J connectivity index is 1.59. The standard InChI is InChI=1S/C29H28F3N5O3S/c1-18(2)40-23-14-8-20(9-15-23)25-35-27(33-22-12-10-21(11-13-22)29(30,31)32)37-28(36-25)34-24(26(38)39)17-41-16-19-6-4-3-5-7-19/h3-15,18,24H,16-17H2,1-2H3,(H,38,39)(H2,33,34,35,36,37)/t24-/m0/s1. The van der Waals surface area contributed by atoms with Gasteiger partial charge in [-0.3, -0.25) is 0 Å². The molecule has 0 aliphatic heterocycles. The Morgan fingerprint density at radius 1 is 0.927 bits per heavy atom. The van der Waals surface area contributed by atoms with E-state index in [0.29, 0.717) is 22.8 Å². The van der Waals surface area contributed by atoms with Gasteiger partial charge in [0.2, 0.25) is 11.9 Å². The van der Waals surface area contributed by atoms with Crippen LogP contribution in [-0.4, -0.2) is 43.9 Å². The molecule has 4 aromatic rings. The molecule has 1 atom stereocenters. The second-order valence-corrected chi connectivity index (χ2v) is 10.3. The van der Waals surface area contributed by atoms with Gasteiger partial charge in [0, 0.05) is 22.8 Å². The fourth-order valence-electron chi connectivity index (χ4n) is 3.65. The number of thioether (sulfide) groups is 1. The number of anilines is 3. The minimum absolute atomic E-state index is 0.000343. The van der Waals surface area contributed by atoms with Gasteiger partial charge in [0.15, 0.2) is 5.82 Å². The van der Waals surface area contributed by atoms with Gasteiger partial charge in [-0.25, -0.2) is 4.79 Å². The number of benzene rings is 3. The molecule has 0 amide bonds. The molecular weight excluding hydrogens is 555 g/mol. The van der Waals surface area contributed by atoms with Crippen LogP contribution in [0.25, 0.3) is 11.4 Å². The highest BCUT2D eigenvalue weighted by atomic mass is 32.2. The van der Waals surface area contributed by atoms with Gasteiger partial charge in [0.25, 0.3) is 0 Å². The monoisotopic (exact) mass is 583 g/mol. The third-order valence-corrected chi connectivity index (χ3v) is 6.69. The van der Waals surface area contributed by atoms with E-state index >= 15 is 0 Å². The quantitative estimate of drug-likeness (QED) is 0.164. The number of hydrogen-bond acceptors (Lipinski definition) is 8. The second-order valence-electron chi connectivity index (χ2n) is 9.23. The van der Waals surface area contributed by atoms with Crippen molar-refractivity contribution in [2.45, 2.75) is 37.9 Å². The number of aromatic nitrogens is 3. The van der Waals surface area contributed by atoms with Crippen molar-refractivity contribution in [1.29, 1.82) is 0 Å². The van der Waals surface area contributed by atoms with Gasteiger partial charge < -0.3 is 20.5 Å². The fraction of sp³-hybridized carbons (Fsp3) is 0.241. The van der Waals surface area contributed by atoms with Gasteiger partial charge in [-0.2, -0.15) is 39.9 Å². The van der Waals surface area contributed by atoms with E-state index < -0.39 is 23.8 Å². The van der Waals surface area contributed by atoms with Crippen LogP contribution in [0.3, 0.4) is 0 Å². The molecule has 0 unspecified atom stereocenters. The Bertz CT molecular complexity index is 1440. The van der Waals surface area contributed by atoms with Crippen LogP contribution < -0.4 is 15.4 Å². The van der Waals surface area contributed by atoms with Crippen molar-refractivity contribution >= 4 is 35.3 Å². The number of carboxylic acids is 1. The molecule has 0 saturated heterocycles. The molecule has 214 valence electrons. The van der Waals surface area contributed by atoms with E-state index in [1.165, 1.54) is 23.9 Å².